The standard InChI is InChI=1S/C16H13NO.CH2O2/c1-11-8-9-17-16-7-4-13(10-15(11)16)12-2-5-14(18)6-3-12;2-1-3/h2-10,18H,1H3;1H,(H,2,3). The Morgan fingerprint density at radius 1 is 1.00 bits per heavy atom. The molecule has 0 aliphatic carbocycles. The number of aromatic hydroxyl groups is 1. The number of benzene rings is 2. The summed E-state index contributed by atoms with van der Waals surface area (Å²) >= 11 is 0. The molecule has 106 valence electrons. The number of fused-ring (bicyclic) bond motifs is 1. The van der Waals surface area contributed by atoms with Gasteiger partial charge in [0.15, 0.2) is 0 Å². The summed E-state index contributed by atoms with van der Waals surface area (Å²) in [6.07, 6.45) is 1.83. The summed E-state index contributed by atoms with van der Waals surface area (Å²) in [7, 11) is 0. The summed E-state index contributed by atoms with van der Waals surface area (Å²) in [5, 5.41) is 17.4. The number of rotatable bonds is 1. The highest BCUT2D eigenvalue weighted by Crippen LogP contribution is 2.26. The summed E-state index contributed by atoms with van der Waals surface area (Å²) < 4.78 is 0. The molecule has 0 radical (unpaired) electrons. The second kappa shape index (κ2) is 6.52. The zero-order valence-corrected chi connectivity index (χ0v) is 11.5. The van der Waals surface area contributed by atoms with Gasteiger partial charge in [0.05, 0.1) is 5.52 Å². The zero-order valence-electron chi connectivity index (χ0n) is 11.5. The smallest absolute Gasteiger partial charge is 0.290 e. The van der Waals surface area contributed by atoms with Crippen molar-refractivity contribution in [2.75, 3.05) is 0 Å². The van der Waals surface area contributed by atoms with Gasteiger partial charge in [0.1, 0.15) is 5.75 Å². The normalized spacial score (nSPS) is 9.76. The third kappa shape index (κ3) is 3.36. The number of hydrogen-bond donors (Lipinski definition) is 2. The van der Waals surface area contributed by atoms with E-state index in [0.717, 1.165) is 16.6 Å². The maximum atomic E-state index is 9.31. The number of carboxylic acid groups (broad SMARTS) is 1. The molecule has 0 atom stereocenters. The second-order valence-electron chi connectivity index (χ2n) is 4.51. The molecule has 4 nitrogen and oxygen atoms in total. The molecule has 3 rings (SSSR count). The fourth-order valence-corrected chi connectivity index (χ4v) is 2.12. The summed E-state index contributed by atoms with van der Waals surface area (Å²) in [6, 6.07) is 15.5. The van der Waals surface area contributed by atoms with Crippen LogP contribution in [-0.4, -0.2) is 21.7 Å². The maximum Gasteiger partial charge on any atom is 0.290 e. The zero-order chi connectivity index (χ0) is 15.2. The minimum atomic E-state index is -0.250. The van der Waals surface area contributed by atoms with Crippen molar-refractivity contribution >= 4 is 17.4 Å². The van der Waals surface area contributed by atoms with Crippen molar-refractivity contribution in [1.29, 1.82) is 0 Å². The molecule has 0 unspecified atom stereocenters. The van der Waals surface area contributed by atoms with Gasteiger partial charge < -0.3 is 10.2 Å². The van der Waals surface area contributed by atoms with E-state index in [-0.39, 0.29) is 12.2 Å². The minimum absolute atomic E-state index is 0.250. The Labute approximate surface area is 122 Å². The van der Waals surface area contributed by atoms with Crippen molar-refractivity contribution in [3.63, 3.8) is 0 Å². The first kappa shape index (κ1) is 14.5. The van der Waals surface area contributed by atoms with Gasteiger partial charge in [0, 0.05) is 11.6 Å². The second-order valence-corrected chi connectivity index (χ2v) is 4.51. The van der Waals surface area contributed by atoms with E-state index in [1.165, 1.54) is 10.9 Å². The number of phenols is 1. The van der Waals surface area contributed by atoms with Gasteiger partial charge in [-0.15, -0.1) is 0 Å². The molecule has 0 spiro atoms. The molecule has 0 amide bonds. The van der Waals surface area contributed by atoms with E-state index in [9.17, 15) is 5.11 Å². The molecule has 2 aromatic carbocycles. The van der Waals surface area contributed by atoms with Crippen LogP contribution in [0.25, 0.3) is 22.0 Å². The molecule has 0 fully saturated rings. The average Bonchev–Trinajstić information content (AvgIpc) is 2.49. The van der Waals surface area contributed by atoms with Gasteiger partial charge in [-0.1, -0.05) is 18.2 Å². The van der Waals surface area contributed by atoms with Gasteiger partial charge >= 0.3 is 0 Å². The van der Waals surface area contributed by atoms with E-state index in [2.05, 4.69) is 24.0 Å². The summed E-state index contributed by atoms with van der Waals surface area (Å²) in [5.41, 5.74) is 4.47. The fraction of sp³-hybridized carbons (Fsp3) is 0.0588. The Morgan fingerprint density at radius 3 is 2.29 bits per heavy atom. The lowest BCUT2D eigenvalue weighted by Crippen LogP contribution is -1.84. The van der Waals surface area contributed by atoms with Crippen LogP contribution < -0.4 is 0 Å². The molecule has 3 aromatic rings. The van der Waals surface area contributed by atoms with E-state index in [1.54, 1.807) is 12.1 Å². The quantitative estimate of drug-likeness (QED) is 0.668. The first-order chi connectivity index (χ1) is 10.2. The van der Waals surface area contributed by atoms with E-state index >= 15 is 0 Å². The molecule has 4 heteroatoms. The van der Waals surface area contributed by atoms with Crippen LogP contribution in [0.2, 0.25) is 0 Å². The van der Waals surface area contributed by atoms with Crippen molar-refractivity contribution < 1.29 is 15.0 Å². The van der Waals surface area contributed by atoms with Crippen LogP contribution in [0.15, 0.2) is 54.7 Å². The topological polar surface area (TPSA) is 70.4 Å². The molecule has 0 aliphatic rings. The molecule has 0 aliphatic heterocycles. The highest BCUT2D eigenvalue weighted by atomic mass is 16.3. The number of aryl methyl sites for hydroxylation is 1. The van der Waals surface area contributed by atoms with Crippen LogP contribution in [0.5, 0.6) is 5.75 Å². The van der Waals surface area contributed by atoms with E-state index in [1.807, 2.05) is 30.5 Å². The first-order valence-corrected chi connectivity index (χ1v) is 6.38. The van der Waals surface area contributed by atoms with Crippen molar-refractivity contribution in [2.45, 2.75) is 6.92 Å². The molecule has 0 saturated heterocycles. The predicted molar refractivity (Wildman–Crippen MR) is 82.3 cm³/mol. The molecule has 1 heterocycles. The maximum absolute atomic E-state index is 9.31. The van der Waals surface area contributed by atoms with Crippen LogP contribution in [-0.2, 0) is 4.79 Å². The average molecular weight is 281 g/mol. The Bertz CT molecular complexity index is 752. The lowest BCUT2D eigenvalue weighted by Gasteiger charge is -2.06. The highest BCUT2D eigenvalue weighted by Gasteiger charge is 2.02. The van der Waals surface area contributed by atoms with E-state index in [4.69, 9.17) is 9.90 Å². The van der Waals surface area contributed by atoms with Crippen molar-refractivity contribution in [2.24, 2.45) is 0 Å². The van der Waals surface area contributed by atoms with Gasteiger partial charge in [-0.05, 0) is 53.9 Å². The van der Waals surface area contributed by atoms with Crippen LogP contribution in [0.4, 0.5) is 0 Å². The number of nitrogens with zero attached hydrogens (tertiary/aromatic N) is 1. The van der Waals surface area contributed by atoms with Gasteiger partial charge in [0.25, 0.3) is 6.47 Å². The predicted octanol–water partition coefficient (Wildman–Crippen LogP) is 3.62. The van der Waals surface area contributed by atoms with Gasteiger partial charge in [-0.2, -0.15) is 0 Å². The molecule has 21 heavy (non-hydrogen) atoms. The number of carbonyl (C=O) groups is 1. The van der Waals surface area contributed by atoms with Gasteiger partial charge in [-0.25, -0.2) is 0 Å². The number of pyridine rings is 1. The molecule has 0 bridgehead atoms. The van der Waals surface area contributed by atoms with Crippen LogP contribution in [0.3, 0.4) is 0 Å². The Morgan fingerprint density at radius 2 is 1.62 bits per heavy atom. The molecular weight excluding hydrogens is 266 g/mol. The monoisotopic (exact) mass is 281 g/mol. The third-order valence-corrected chi connectivity index (χ3v) is 3.16. The lowest BCUT2D eigenvalue weighted by molar-refractivity contribution is -0.122. The highest BCUT2D eigenvalue weighted by molar-refractivity contribution is 5.86. The van der Waals surface area contributed by atoms with Crippen LogP contribution >= 0.6 is 0 Å². The van der Waals surface area contributed by atoms with Crippen LogP contribution in [0.1, 0.15) is 5.56 Å². The van der Waals surface area contributed by atoms with Crippen LogP contribution in [0, 0.1) is 6.92 Å². The largest absolute Gasteiger partial charge is 0.508 e. The Hall–Kier alpha value is -2.88. The van der Waals surface area contributed by atoms with Gasteiger partial charge in [-0.3, -0.25) is 9.78 Å². The molecular formula is C17H15NO3. The fourth-order valence-electron chi connectivity index (χ4n) is 2.12. The minimum Gasteiger partial charge on any atom is -0.508 e. The number of aromatic nitrogens is 1. The number of hydrogen-bond acceptors (Lipinski definition) is 3. The van der Waals surface area contributed by atoms with E-state index < -0.39 is 0 Å². The molecule has 1 aromatic heterocycles. The Balaban J connectivity index is 0.000000497. The molecule has 0 saturated carbocycles. The van der Waals surface area contributed by atoms with Gasteiger partial charge in [0.2, 0.25) is 0 Å². The third-order valence-electron chi connectivity index (χ3n) is 3.16. The van der Waals surface area contributed by atoms with Crippen molar-refractivity contribution in [3.05, 3.63) is 60.3 Å². The SMILES string of the molecule is Cc1ccnc2ccc(-c3ccc(O)cc3)cc12.O=CO. The van der Waals surface area contributed by atoms with Crippen molar-refractivity contribution in [3.8, 4) is 16.9 Å². The van der Waals surface area contributed by atoms with E-state index in [0.29, 0.717) is 0 Å². The summed E-state index contributed by atoms with van der Waals surface area (Å²) in [6.45, 7) is 1.84. The molecule has 2 N–H and O–H groups in total. The number of phenolic OH excluding ortho intramolecular Hbond substituents is 1. The summed E-state index contributed by atoms with van der Waals surface area (Å²) in [5.74, 6) is 0.289. The first-order valence-electron chi connectivity index (χ1n) is 6.38. The summed E-state index contributed by atoms with van der Waals surface area (Å²) in [4.78, 5) is 12.7. The Kier molecular flexibility index (Phi) is 4.51. The van der Waals surface area contributed by atoms with Crippen molar-refractivity contribution in [1.82, 2.24) is 4.98 Å². The lowest BCUT2D eigenvalue weighted by atomic mass is 10.0.